The number of likely N-dealkylation sites (N-methyl/N-ethyl adjacent to an activating group) is 3. The molecule has 0 unspecified atom stereocenters. The Morgan fingerprint density at radius 1 is 0.574 bits per heavy atom. The number of hydrogen-bond donors (Lipinski definition) is 4. The number of benzene rings is 1. The minimum Gasteiger partial charge on any atom is -0.354 e. The summed E-state index contributed by atoms with van der Waals surface area (Å²) >= 11 is 0. The predicted molar refractivity (Wildman–Crippen MR) is 187 cm³/mol. The highest BCUT2D eigenvalue weighted by Crippen LogP contribution is 2.20. The van der Waals surface area contributed by atoms with E-state index in [0.717, 1.165) is 5.56 Å². The zero-order chi connectivity index (χ0) is 36.2. The molecule has 0 radical (unpaired) electrons. The summed E-state index contributed by atoms with van der Waals surface area (Å²) < 4.78 is 0. The van der Waals surface area contributed by atoms with Gasteiger partial charge in [-0.15, -0.1) is 0 Å². The molecule has 0 aliphatic carbocycles. The molecule has 0 saturated heterocycles. The first kappa shape index (κ1) is 41.6. The van der Waals surface area contributed by atoms with Crippen LogP contribution in [-0.4, -0.2) is 97.2 Å². The van der Waals surface area contributed by atoms with Crippen LogP contribution in [0.5, 0.6) is 0 Å². The third-order valence-corrected chi connectivity index (χ3v) is 8.61. The molecule has 0 aliphatic heterocycles. The van der Waals surface area contributed by atoms with Crippen molar-refractivity contribution in [3.8, 4) is 0 Å². The topological polar surface area (TPSA) is 140 Å². The van der Waals surface area contributed by atoms with Crippen LogP contribution in [0.15, 0.2) is 30.3 Å². The van der Waals surface area contributed by atoms with Crippen molar-refractivity contribution in [1.82, 2.24) is 31.1 Å². The van der Waals surface area contributed by atoms with Crippen LogP contribution in [0.4, 0.5) is 0 Å². The summed E-state index contributed by atoms with van der Waals surface area (Å²) in [6.07, 6.45) is 0.662. The zero-order valence-electron chi connectivity index (χ0n) is 31.0. The van der Waals surface area contributed by atoms with E-state index >= 15 is 0 Å². The van der Waals surface area contributed by atoms with Crippen LogP contribution >= 0.6 is 0 Å². The van der Waals surface area contributed by atoms with Gasteiger partial charge in [0.15, 0.2) is 0 Å². The maximum absolute atomic E-state index is 14.1. The molecule has 0 fully saturated rings. The Hall–Kier alpha value is -3.47. The van der Waals surface area contributed by atoms with Crippen molar-refractivity contribution >= 4 is 29.5 Å². The minimum absolute atomic E-state index is 0.00838. The Bertz CT molecular complexity index is 1170. The lowest BCUT2D eigenvalue weighted by molar-refractivity contribution is -0.152. The largest absolute Gasteiger partial charge is 0.354 e. The zero-order valence-corrected chi connectivity index (χ0v) is 31.0. The first-order chi connectivity index (χ1) is 21.9. The summed E-state index contributed by atoms with van der Waals surface area (Å²) in [6.45, 7) is 19.1. The molecule has 11 heteroatoms. The van der Waals surface area contributed by atoms with Gasteiger partial charge in [-0.3, -0.25) is 24.0 Å². The van der Waals surface area contributed by atoms with Crippen molar-refractivity contribution in [3.05, 3.63) is 35.9 Å². The Morgan fingerprint density at radius 2 is 1.04 bits per heavy atom. The highest BCUT2D eigenvalue weighted by Gasteiger charge is 2.41. The van der Waals surface area contributed by atoms with Gasteiger partial charge in [0.05, 0.1) is 6.04 Å². The van der Waals surface area contributed by atoms with Crippen LogP contribution in [0.3, 0.4) is 0 Å². The fraction of sp³-hybridized carbons (Fsp3) is 0.694. The summed E-state index contributed by atoms with van der Waals surface area (Å²) in [5.41, 5.74) is 1.10. The molecule has 0 heterocycles. The van der Waals surface area contributed by atoms with Crippen molar-refractivity contribution in [2.24, 2.45) is 29.6 Å². The second-order valence-corrected chi connectivity index (χ2v) is 14.3. The average molecular weight is 659 g/mol. The standard InChI is InChI=1S/C36H62N6O5/c1-21(2)27(37-11)33(44)40-29(23(5)6)35(46)42(13)31(25(9)10)36(47)41(12)30(24(7)8)34(45)39-28(22(3)4)32(43)38-20-19-26-17-15-14-16-18-26/h14-18,21-25,27-31,37H,19-20H2,1-13H3,(H,38,43)(H,39,45)(H,40,44)/t27-,28-,29-,30-,31-/m0/s1. The van der Waals surface area contributed by atoms with Crippen molar-refractivity contribution in [3.63, 3.8) is 0 Å². The van der Waals surface area contributed by atoms with Gasteiger partial charge in [-0.25, -0.2) is 0 Å². The summed E-state index contributed by atoms with van der Waals surface area (Å²) in [5, 5.41) is 11.7. The van der Waals surface area contributed by atoms with Crippen molar-refractivity contribution in [2.75, 3.05) is 27.7 Å². The van der Waals surface area contributed by atoms with E-state index in [0.29, 0.717) is 13.0 Å². The number of rotatable bonds is 18. The molecule has 1 rings (SSSR count). The molecular formula is C36H62N6O5. The van der Waals surface area contributed by atoms with Crippen LogP contribution in [0, 0.1) is 29.6 Å². The average Bonchev–Trinajstić information content (AvgIpc) is 2.98. The van der Waals surface area contributed by atoms with Gasteiger partial charge in [0, 0.05) is 20.6 Å². The molecule has 0 aliphatic rings. The van der Waals surface area contributed by atoms with Crippen LogP contribution in [-0.2, 0) is 30.4 Å². The Labute approximate surface area is 283 Å². The fourth-order valence-corrected chi connectivity index (χ4v) is 5.91. The van der Waals surface area contributed by atoms with E-state index < -0.39 is 42.0 Å². The lowest BCUT2D eigenvalue weighted by Gasteiger charge is -2.39. The third-order valence-electron chi connectivity index (χ3n) is 8.61. The Kier molecular flexibility index (Phi) is 17.1. The van der Waals surface area contributed by atoms with Gasteiger partial charge < -0.3 is 31.1 Å². The van der Waals surface area contributed by atoms with Gasteiger partial charge in [-0.2, -0.15) is 0 Å². The molecule has 1 aromatic rings. The molecule has 11 nitrogen and oxygen atoms in total. The minimum atomic E-state index is -0.896. The molecule has 5 atom stereocenters. The van der Waals surface area contributed by atoms with Crippen molar-refractivity contribution in [1.29, 1.82) is 0 Å². The number of hydrogen-bond acceptors (Lipinski definition) is 6. The van der Waals surface area contributed by atoms with Gasteiger partial charge in [0.25, 0.3) is 0 Å². The van der Waals surface area contributed by atoms with Gasteiger partial charge in [0.1, 0.15) is 24.2 Å². The summed E-state index contributed by atoms with van der Waals surface area (Å²) in [6, 6.07) is 5.91. The highest BCUT2D eigenvalue weighted by molar-refractivity contribution is 5.96. The molecular weight excluding hydrogens is 596 g/mol. The van der Waals surface area contributed by atoms with E-state index in [-0.39, 0.29) is 47.3 Å². The summed E-state index contributed by atoms with van der Waals surface area (Å²) in [5.74, 6) is -2.80. The molecule has 0 bridgehead atoms. The quantitative estimate of drug-likeness (QED) is 0.191. The molecule has 5 amide bonds. The van der Waals surface area contributed by atoms with Crippen molar-refractivity contribution < 1.29 is 24.0 Å². The van der Waals surface area contributed by atoms with E-state index in [1.165, 1.54) is 9.80 Å². The van der Waals surface area contributed by atoms with Gasteiger partial charge in [-0.05, 0) is 48.6 Å². The van der Waals surface area contributed by atoms with E-state index in [1.54, 1.807) is 21.1 Å². The molecule has 47 heavy (non-hydrogen) atoms. The van der Waals surface area contributed by atoms with E-state index in [9.17, 15) is 24.0 Å². The van der Waals surface area contributed by atoms with Gasteiger partial charge >= 0.3 is 0 Å². The maximum Gasteiger partial charge on any atom is 0.246 e. The highest BCUT2D eigenvalue weighted by atomic mass is 16.2. The van der Waals surface area contributed by atoms with Crippen molar-refractivity contribution in [2.45, 2.75) is 106 Å². The molecule has 266 valence electrons. The van der Waals surface area contributed by atoms with Gasteiger partial charge in [0.2, 0.25) is 29.5 Å². The second kappa shape index (κ2) is 19.4. The number of carbonyl (C=O) groups excluding carboxylic acids is 5. The number of nitrogens with one attached hydrogen (secondary N) is 4. The number of carbonyl (C=O) groups is 5. The van der Waals surface area contributed by atoms with Gasteiger partial charge in [-0.1, -0.05) is 99.6 Å². The number of amides is 5. The Morgan fingerprint density at radius 3 is 1.49 bits per heavy atom. The van der Waals surface area contributed by atoms with Crippen LogP contribution in [0.25, 0.3) is 0 Å². The number of nitrogens with zero attached hydrogens (tertiary/aromatic N) is 2. The Balaban J connectivity index is 3.17. The SMILES string of the molecule is CN[C@H](C(=O)N[C@H](C(=O)N(C)[C@H](C(=O)N(C)[C@H](C(=O)N[C@H](C(=O)NCCc1ccccc1)C(C)C)C(C)C)C(C)C)C(C)C)C(C)C. The van der Waals surface area contributed by atoms with E-state index in [2.05, 4.69) is 21.3 Å². The maximum atomic E-state index is 14.1. The van der Waals surface area contributed by atoms with E-state index in [4.69, 9.17) is 0 Å². The molecule has 1 aromatic carbocycles. The fourth-order valence-electron chi connectivity index (χ4n) is 5.91. The van der Waals surface area contributed by atoms with Crippen LogP contribution in [0.2, 0.25) is 0 Å². The molecule has 0 saturated carbocycles. The molecule has 4 N–H and O–H groups in total. The van der Waals surface area contributed by atoms with E-state index in [1.807, 2.05) is 99.6 Å². The first-order valence-electron chi connectivity index (χ1n) is 17.0. The summed E-state index contributed by atoms with van der Waals surface area (Å²) in [7, 11) is 4.83. The van der Waals surface area contributed by atoms with Crippen LogP contribution in [0.1, 0.15) is 74.8 Å². The first-order valence-corrected chi connectivity index (χ1v) is 17.0. The third kappa shape index (κ3) is 11.9. The summed E-state index contributed by atoms with van der Waals surface area (Å²) in [4.78, 5) is 70.8. The lowest BCUT2D eigenvalue weighted by Crippen LogP contribution is -2.62. The smallest absolute Gasteiger partial charge is 0.246 e. The monoisotopic (exact) mass is 658 g/mol. The molecule has 0 spiro atoms. The molecule has 0 aromatic heterocycles. The van der Waals surface area contributed by atoms with Crippen LogP contribution < -0.4 is 21.3 Å². The second-order valence-electron chi connectivity index (χ2n) is 14.3. The lowest BCUT2D eigenvalue weighted by atomic mass is 9.94. The normalized spacial score (nSPS) is 14.9. The predicted octanol–water partition coefficient (Wildman–Crippen LogP) is 2.84.